The predicted octanol–water partition coefficient (Wildman–Crippen LogP) is -2.07. The monoisotopic (exact) mass is 214 g/mol. The summed E-state index contributed by atoms with van der Waals surface area (Å²) in [6, 6.07) is -0.305. The van der Waals surface area contributed by atoms with Gasteiger partial charge in [0.05, 0.1) is 6.54 Å². The summed E-state index contributed by atoms with van der Waals surface area (Å²) in [4.78, 5) is 22.3. The highest BCUT2D eigenvalue weighted by atomic mass is 16.2. The Morgan fingerprint density at radius 1 is 1.53 bits per heavy atom. The van der Waals surface area contributed by atoms with Gasteiger partial charge >= 0.3 is 0 Å². The fourth-order valence-corrected chi connectivity index (χ4v) is 1.36. The standard InChI is InChI=1S/C9H18N4O2/c10-3-1-2-4-11-9(15)7-5-13-8(14)6-12-7/h7,12H,1-6,10H2,(H,11,15)(H,13,14). The van der Waals surface area contributed by atoms with Gasteiger partial charge in [0, 0.05) is 13.1 Å². The molecule has 0 saturated carbocycles. The third-order valence-corrected chi connectivity index (χ3v) is 2.26. The van der Waals surface area contributed by atoms with E-state index in [2.05, 4.69) is 16.0 Å². The zero-order valence-corrected chi connectivity index (χ0v) is 8.71. The highest BCUT2D eigenvalue weighted by Crippen LogP contribution is 1.89. The van der Waals surface area contributed by atoms with Crippen LogP contribution in [0.4, 0.5) is 0 Å². The van der Waals surface area contributed by atoms with E-state index in [4.69, 9.17) is 5.73 Å². The van der Waals surface area contributed by atoms with Gasteiger partial charge in [-0.15, -0.1) is 0 Å². The molecular formula is C9H18N4O2. The first-order valence-electron chi connectivity index (χ1n) is 5.22. The van der Waals surface area contributed by atoms with Gasteiger partial charge in [-0.25, -0.2) is 0 Å². The lowest BCUT2D eigenvalue weighted by Crippen LogP contribution is -2.58. The number of unbranched alkanes of at least 4 members (excludes halogenated alkanes) is 1. The van der Waals surface area contributed by atoms with E-state index in [0.717, 1.165) is 12.8 Å². The molecule has 5 N–H and O–H groups in total. The van der Waals surface area contributed by atoms with Crippen LogP contribution in [0.5, 0.6) is 0 Å². The Labute approximate surface area is 89.0 Å². The molecule has 86 valence electrons. The molecule has 1 atom stereocenters. The molecule has 15 heavy (non-hydrogen) atoms. The van der Waals surface area contributed by atoms with E-state index in [1.165, 1.54) is 0 Å². The van der Waals surface area contributed by atoms with Crippen molar-refractivity contribution in [3.05, 3.63) is 0 Å². The lowest BCUT2D eigenvalue weighted by molar-refractivity contribution is -0.126. The summed E-state index contributed by atoms with van der Waals surface area (Å²) >= 11 is 0. The van der Waals surface area contributed by atoms with E-state index >= 15 is 0 Å². The number of carbonyl (C=O) groups excluding carboxylic acids is 2. The van der Waals surface area contributed by atoms with Crippen LogP contribution < -0.4 is 21.7 Å². The van der Waals surface area contributed by atoms with Gasteiger partial charge in [-0.3, -0.25) is 14.9 Å². The minimum Gasteiger partial charge on any atom is -0.355 e. The maximum atomic E-state index is 11.5. The van der Waals surface area contributed by atoms with Crippen LogP contribution in [0.25, 0.3) is 0 Å². The third kappa shape index (κ3) is 4.26. The molecule has 1 aliphatic heterocycles. The predicted molar refractivity (Wildman–Crippen MR) is 56.1 cm³/mol. The van der Waals surface area contributed by atoms with Crippen molar-refractivity contribution in [2.24, 2.45) is 5.73 Å². The minimum absolute atomic E-state index is 0.0629. The van der Waals surface area contributed by atoms with Gasteiger partial charge in [0.2, 0.25) is 11.8 Å². The van der Waals surface area contributed by atoms with Crippen molar-refractivity contribution in [1.82, 2.24) is 16.0 Å². The number of hydrogen-bond acceptors (Lipinski definition) is 4. The van der Waals surface area contributed by atoms with Gasteiger partial charge in [0.15, 0.2) is 0 Å². The van der Waals surface area contributed by atoms with Crippen LogP contribution in [-0.4, -0.2) is 44.0 Å². The van der Waals surface area contributed by atoms with Crippen LogP contribution >= 0.6 is 0 Å². The lowest BCUT2D eigenvalue weighted by Gasteiger charge is -2.23. The first-order chi connectivity index (χ1) is 7.24. The van der Waals surface area contributed by atoms with E-state index in [9.17, 15) is 9.59 Å². The number of rotatable bonds is 5. The van der Waals surface area contributed by atoms with Crippen molar-refractivity contribution in [3.8, 4) is 0 Å². The van der Waals surface area contributed by atoms with Crippen LogP contribution in [0, 0.1) is 0 Å². The Morgan fingerprint density at radius 2 is 2.33 bits per heavy atom. The Kier molecular flexibility index (Phi) is 5.06. The molecule has 0 spiro atoms. The Bertz CT molecular complexity index is 222. The number of nitrogens with one attached hydrogen (secondary N) is 3. The average molecular weight is 214 g/mol. The smallest absolute Gasteiger partial charge is 0.238 e. The summed E-state index contributed by atoms with van der Waals surface area (Å²) in [6.07, 6.45) is 1.80. The van der Waals surface area contributed by atoms with Gasteiger partial charge < -0.3 is 16.4 Å². The summed E-state index contributed by atoms with van der Waals surface area (Å²) in [7, 11) is 0. The van der Waals surface area contributed by atoms with Crippen LogP contribution in [0.15, 0.2) is 0 Å². The fourth-order valence-electron chi connectivity index (χ4n) is 1.36. The molecule has 1 aliphatic rings. The molecule has 0 radical (unpaired) electrons. The van der Waals surface area contributed by atoms with Crippen molar-refractivity contribution in [1.29, 1.82) is 0 Å². The number of piperazine rings is 1. The van der Waals surface area contributed by atoms with Crippen molar-refractivity contribution < 1.29 is 9.59 Å². The number of nitrogens with two attached hydrogens (primary N) is 1. The molecule has 0 aromatic carbocycles. The molecule has 1 saturated heterocycles. The van der Waals surface area contributed by atoms with E-state index in [0.29, 0.717) is 19.6 Å². The van der Waals surface area contributed by atoms with Crippen LogP contribution in [0.1, 0.15) is 12.8 Å². The van der Waals surface area contributed by atoms with Crippen molar-refractivity contribution in [2.45, 2.75) is 18.9 Å². The second-order valence-electron chi connectivity index (χ2n) is 3.52. The lowest BCUT2D eigenvalue weighted by atomic mass is 10.2. The first-order valence-corrected chi connectivity index (χ1v) is 5.22. The summed E-state index contributed by atoms with van der Waals surface area (Å²) in [6.45, 7) is 1.86. The fraction of sp³-hybridized carbons (Fsp3) is 0.778. The van der Waals surface area contributed by atoms with Gasteiger partial charge in [0.25, 0.3) is 0 Å². The highest BCUT2D eigenvalue weighted by molar-refractivity contribution is 5.86. The van der Waals surface area contributed by atoms with E-state index in [1.807, 2.05) is 0 Å². The molecule has 6 heteroatoms. The van der Waals surface area contributed by atoms with Gasteiger partial charge in [0.1, 0.15) is 6.04 Å². The second-order valence-corrected chi connectivity index (χ2v) is 3.52. The number of carbonyl (C=O) groups is 2. The zero-order chi connectivity index (χ0) is 11.1. The van der Waals surface area contributed by atoms with Crippen molar-refractivity contribution in [3.63, 3.8) is 0 Å². The summed E-state index contributed by atoms with van der Waals surface area (Å²) in [5.41, 5.74) is 5.33. The van der Waals surface area contributed by atoms with Crippen LogP contribution in [0.2, 0.25) is 0 Å². The topological polar surface area (TPSA) is 96.2 Å². The zero-order valence-electron chi connectivity index (χ0n) is 8.71. The molecule has 1 heterocycles. The molecular weight excluding hydrogens is 196 g/mol. The Morgan fingerprint density at radius 3 is 2.93 bits per heavy atom. The quantitative estimate of drug-likeness (QED) is 0.395. The SMILES string of the molecule is NCCCCNC(=O)C1CNC(=O)CN1. The summed E-state index contributed by atoms with van der Waals surface area (Å²) < 4.78 is 0. The molecule has 0 aliphatic carbocycles. The molecule has 1 rings (SSSR count). The van der Waals surface area contributed by atoms with Gasteiger partial charge in [-0.05, 0) is 19.4 Å². The maximum Gasteiger partial charge on any atom is 0.238 e. The molecule has 0 aromatic heterocycles. The molecule has 1 unspecified atom stereocenters. The first kappa shape index (κ1) is 11.9. The molecule has 0 aromatic rings. The molecule has 1 fully saturated rings. The van der Waals surface area contributed by atoms with Gasteiger partial charge in [-0.1, -0.05) is 0 Å². The summed E-state index contributed by atoms with van der Waals surface area (Å²) in [5, 5.41) is 8.29. The number of hydrogen-bond donors (Lipinski definition) is 4. The second kappa shape index (κ2) is 6.36. The van der Waals surface area contributed by atoms with Crippen LogP contribution in [0.3, 0.4) is 0 Å². The van der Waals surface area contributed by atoms with Crippen LogP contribution in [-0.2, 0) is 9.59 Å². The normalized spacial score (nSPS) is 20.9. The number of amides is 2. The third-order valence-electron chi connectivity index (χ3n) is 2.26. The molecule has 6 nitrogen and oxygen atoms in total. The molecule has 0 bridgehead atoms. The Balaban J connectivity index is 2.14. The molecule has 2 amide bonds. The van der Waals surface area contributed by atoms with Crippen molar-refractivity contribution >= 4 is 11.8 Å². The highest BCUT2D eigenvalue weighted by Gasteiger charge is 2.22. The minimum atomic E-state index is -0.305. The van der Waals surface area contributed by atoms with Crippen molar-refractivity contribution in [2.75, 3.05) is 26.2 Å². The summed E-state index contributed by atoms with van der Waals surface area (Å²) in [5.74, 6) is -0.130. The largest absolute Gasteiger partial charge is 0.355 e. The Hall–Kier alpha value is -1.14. The van der Waals surface area contributed by atoms with E-state index in [-0.39, 0.29) is 24.4 Å². The van der Waals surface area contributed by atoms with Gasteiger partial charge in [-0.2, -0.15) is 0 Å². The maximum absolute atomic E-state index is 11.5. The van der Waals surface area contributed by atoms with E-state index < -0.39 is 0 Å². The average Bonchev–Trinajstić information content (AvgIpc) is 2.25. The van der Waals surface area contributed by atoms with E-state index in [1.54, 1.807) is 0 Å².